The van der Waals surface area contributed by atoms with Gasteiger partial charge in [-0.05, 0) is 69.6 Å². The highest BCUT2D eigenvalue weighted by Gasteiger charge is 2.38. The number of hydrogen-bond acceptors (Lipinski definition) is 5. The molecule has 5 nitrogen and oxygen atoms in total. The minimum absolute atomic E-state index is 0.0797. The number of halogens is 4. The van der Waals surface area contributed by atoms with Crippen LogP contribution in [0.25, 0.3) is 0 Å². The second kappa shape index (κ2) is 10.5. The number of aromatic nitrogens is 1. The van der Waals surface area contributed by atoms with Crippen LogP contribution in [0, 0.1) is 23.1 Å². The number of ether oxygens (including phenoxy) is 1. The molecule has 0 saturated carbocycles. The Morgan fingerprint density at radius 1 is 1.11 bits per heavy atom. The molecule has 0 aliphatic carbocycles. The van der Waals surface area contributed by atoms with Crippen molar-refractivity contribution in [2.45, 2.75) is 43.9 Å². The van der Waals surface area contributed by atoms with E-state index < -0.39 is 17.2 Å². The van der Waals surface area contributed by atoms with E-state index in [-0.39, 0.29) is 36.5 Å². The van der Waals surface area contributed by atoms with Gasteiger partial charge in [0.2, 0.25) is 0 Å². The van der Waals surface area contributed by atoms with Gasteiger partial charge in [0, 0.05) is 24.4 Å². The molecule has 0 N–H and O–H groups in total. The minimum atomic E-state index is -4.51. The van der Waals surface area contributed by atoms with E-state index in [1.165, 1.54) is 6.07 Å². The smallest absolute Gasteiger partial charge is 0.374 e. The Morgan fingerprint density at radius 3 is 2.43 bits per heavy atom. The van der Waals surface area contributed by atoms with E-state index in [2.05, 4.69) is 16.0 Å². The van der Waals surface area contributed by atoms with Crippen molar-refractivity contribution in [3.63, 3.8) is 0 Å². The summed E-state index contributed by atoms with van der Waals surface area (Å²) in [6.07, 6.45) is -1.93. The summed E-state index contributed by atoms with van der Waals surface area (Å²) in [5.74, 6) is -0.122. The summed E-state index contributed by atoms with van der Waals surface area (Å²) in [4.78, 5) is 8.44. The summed E-state index contributed by atoms with van der Waals surface area (Å²) in [5.41, 5.74) is -0.534. The quantitative estimate of drug-likeness (QED) is 0.524. The monoisotopic (exact) mass is 490 g/mol. The van der Waals surface area contributed by atoms with Crippen molar-refractivity contribution in [3.05, 3.63) is 59.0 Å². The van der Waals surface area contributed by atoms with Crippen LogP contribution in [0.5, 0.6) is 0 Å². The summed E-state index contributed by atoms with van der Waals surface area (Å²) in [6, 6.07) is 11.0. The van der Waals surface area contributed by atoms with E-state index in [9.17, 15) is 17.6 Å². The lowest BCUT2D eigenvalue weighted by molar-refractivity contribution is -0.137. The van der Waals surface area contributed by atoms with Gasteiger partial charge >= 0.3 is 6.18 Å². The number of nitrogens with zero attached hydrogens (tertiary/aromatic N) is 4. The van der Waals surface area contributed by atoms with Gasteiger partial charge in [-0.25, -0.2) is 9.37 Å². The Labute approximate surface area is 203 Å². The van der Waals surface area contributed by atoms with Crippen molar-refractivity contribution in [1.29, 1.82) is 5.26 Å². The van der Waals surface area contributed by atoms with Gasteiger partial charge in [-0.1, -0.05) is 18.2 Å². The first kappa shape index (κ1) is 25.4. The number of pyridine rings is 1. The number of rotatable bonds is 6. The molecule has 4 rings (SSSR count). The first-order valence-corrected chi connectivity index (χ1v) is 11.9. The molecule has 2 fully saturated rings. The van der Waals surface area contributed by atoms with Crippen LogP contribution < -0.4 is 4.90 Å². The van der Waals surface area contributed by atoms with Gasteiger partial charge in [0.1, 0.15) is 11.6 Å². The van der Waals surface area contributed by atoms with Gasteiger partial charge in [-0.2, -0.15) is 18.4 Å². The van der Waals surface area contributed by atoms with Gasteiger partial charge in [-0.15, -0.1) is 0 Å². The van der Waals surface area contributed by atoms with Crippen LogP contribution in [-0.2, 0) is 22.9 Å². The molecule has 9 heteroatoms. The van der Waals surface area contributed by atoms with E-state index in [0.717, 1.165) is 25.2 Å². The van der Waals surface area contributed by atoms with Crippen molar-refractivity contribution < 1.29 is 22.3 Å². The number of nitriles is 1. The Bertz CT molecular complexity index is 1050. The van der Waals surface area contributed by atoms with Crippen LogP contribution in [0.4, 0.5) is 23.4 Å². The first-order chi connectivity index (χ1) is 16.7. The molecular formula is C26H30F4N4O. The van der Waals surface area contributed by atoms with Crippen molar-refractivity contribution >= 4 is 5.82 Å². The number of hydrogen-bond donors (Lipinski definition) is 0. The highest BCUT2D eigenvalue weighted by Crippen LogP contribution is 2.38. The molecule has 35 heavy (non-hydrogen) atoms. The SMILES string of the molecule is CN1CCC(COCc2cc(C(F)(F)F)cc(N3CCC(C#N)CC3)n2)(c2ccccc2F)CC1. The molecular weight excluding hydrogens is 460 g/mol. The fourth-order valence-electron chi connectivity index (χ4n) is 4.99. The average molecular weight is 491 g/mol. The third-order valence-electron chi connectivity index (χ3n) is 7.21. The minimum Gasteiger partial charge on any atom is -0.374 e. The molecule has 1 aromatic heterocycles. The van der Waals surface area contributed by atoms with Gasteiger partial charge < -0.3 is 14.5 Å². The summed E-state index contributed by atoms with van der Waals surface area (Å²) in [6.45, 7) is 2.62. The number of piperidine rings is 2. The van der Waals surface area contributed by atoms with Crippen molar-refractivity contribution in [2.24, 2.45) is 5.92 Å². The molecule has 188 valence electrons. The largest absolute Gasteiger partial charge is 0.416 e. The van der Waals surface area contributed by atoms with Crippen molar-refractivity contribution in [1.82, 2.24) is 9.88 Å². The molecule has 0 unspecified atom stereocenters. The Balaban J connectivity index is 1.53. The zero-order valence-corrected chi connectivity index (χ0v) is 19.8. The second-order valence-electron chi connectivity index (χ2n) is 9.65. The number of likely N-dealkylation sites (tertiary alicyclic amines) is 1. The standard InChI is InChI=1S/C26H30F4N4O/c1-33-12-8-25(9-13-33,22-4-2-3-5-23(22)27)18-35-17-21-14-20(26(28,29)30)15-24(32-21)34-10-6-19(16-31)7-11-34/h2-5,14-15,19H,6-13,17-18H2,1H3. The summed E-state index contributed by atoms with van der Waals surface area (Å²) in [5, 5.41) is 9.11. The predicted octanol–water partition coefficient (Wildman–Crippen LogP) is 5.16. The molecule has 0 atom stereocenters. The van der Waals surface area contributed by atoms with Crippen LogP contribution in [-0.4, -0.2) is 49.7 Å². The molecule has 2 saturated heterocycles. The maximum Gasteiger partial charge on any atom is 0.416 e. The van der Waals surface area contributed by atoms with Crippen molar-refractivity contribution in [3.8, 4) is 6.07 Å². The van der Waals surface area contributed by atoms with Crippen LogP contribution in [0.1, 0.15) is 42.5 Å². The third-order valence-corrected chi connectivity index (χ3v) is 7.21. The third kappa shape index (κ3) is 5.93. The molecule has 0 spiro atoms. The lowest BCUT2D eigenvalue weighted by atomic mass is 9.73. The summed E-state index contributed by atoms with van der Waals surface area (Å²) >= 11 is 0. The molecule has 2 aliphatic rings. The number of benzene rings is 1. The average Bonchev–Trinajstić information content (AvgIpc) is 2.85. The normalized spacial score (nSPS) is 19.5. The molecule has 0 amide bonds. The van der Waals surface area contributed by atoms with E-state index in [4.69, 9.17) is 10.00 Å². The van der Waals surface area contributed by atoms with Crippen LogP contribution >= 0.6 is 0 Å². The highest BCUT2D eigenvalue weighted by atomic mass is 19.4. The lowest BCUT2D eigenvalue weighted by Crippen LogP contribution is -2.44. The van der Waals surface area contributed by atoms with Gasteiger partial charge in [0.25, 0.3) is 0 Å². The maximum atomic E-state index is 14.7. The van der Waals surface area contributed by atoms with Crippen LogP contribution in [0.15, 0.2) is 36.4 Å². The molecule has 3 heterocycles. The van der Waals surface area contributed by atoms with Crippen LogP contribution in [0.2, 0.25) is 0 Å². The summed E-state index contributed by atoms with van der Waals surface area (Å²) < 4.78 is 61.6. The predicted molar refractivity (Wildman–Crippen MR) is 124 cm³/mol. The summed E-state index contributed by atoms with van der Waals surface area (Å²) in [7, 11) is 2.01. The van der Waals surface area contributed by atoms with Crippen molar-refractivity contribution in [2.75, 3.05) is 44.7 Å². The molecule has 1 aromatic carbocycles. The topological polar surface area (TPSA) is 52.4 Å². The molecule has 2 aromatic rings. The van der Waals surface area contributed by atoms with Gasteiger partial charge in [0.15, 0.2) is 0 Å². The van der Waals surface area contributed by atoms with E-state index in [1.807, 2.05) is 7.05 Å². The molecule has 2 aliphatic heterocycles. The van der Waals surface area contributed by atoms with E-state index in [0.29, 0.717) is 44.3 Å². The Morgan fingerprint density at radius 2 is 1.80 bits per heavy atom. The zero-order valence-electron chi connectivity index (χ0n) is 19.8. The molecule has 0 radical (unpaired) electrons. The second-order valence-corrected chi connectivity index (χ2v) is 9.65. The zero-order chi connectivity index (χ0) is 25.1. The van der Waals surface area contributed by atoms with Crippen LogP contribution in [0.3, 0.4) is 0 Å². The Hall–Kier alpha value is -2.70. The highest BCUT2D eigenvalue weighted by molar-refractivity contribution is 5.44. The Kier molecular flexibility index (Phi) is 7.62. The van der Waals surface area contributed by atoms with E-state index in [1.54, 1.807) is 23.1 Å². The van der Waals surface area contributed by atoms with Gasteiger partial charge in [0.05, 0.1) is 30.5 Å². The lowest BCUT2D eigenvalue weighted by Gasteiger charge is -2.41. The molecule has 0 bridgehead atoms. The first-order valence-electron chi connectivity index (χ1n) is 11.9. The number of anilines is 1. The van der Waals surface area contributed by atoms with E-state index >= 15 is 0 Å². The fourth-order valence-corrected chi connectivity index (χ4v) is 4.99. The van der Waals surface area contributed by atoms with Gasteiger partial charge in [-0.3, -0.25) is 0 Å². The fraction of sp³-hybridized carbons (Fsp3) is 0.538. The number of alkyl halides is 3. The maximum absolute atomic E-state index is 14.7.